The number of benzene rings is 1. The number of halogens is 1. The van der Waals surface area contributed by atoms with Gasteiger partial charge in [0.1, 0.15) is 6.54 Å². The van der Waals surface area contributed by atoms with E-state index < -0.39 is 28.7 Å². The first-order valence-corrected chi connectivity index (χ1v) is 8.45. The van der Waals surface area contributed by atoms with Gasteiger partial charge in [-0.15, -0.1) is 0 Å². The van der Waals surface area contributed by atoms with Crippen molar-refractivity contribution in [2.45, 2.75) is 19.4 Å². The Bertz CT molecular complexity index is 903. The Morgan fingerprint density at radius 3 is 2.67 bits per heavy atom. The maximum Gasteiger partial charge on any atom is 0.366 e. The third-order valence-corrected chi connectivity index (χ3v) is 4.13. The molecule has 10 heteroatoms. The molecule has 2 amide bonds. The number of fused-ring (bicyclic) bond motifs is 1. The smallest absolute Gasteiger partial charge is 0.366 e. The molecule has 3 rings (SSSR count). The van der Waals surface area contributed by atoms with Gasteiger partial charge in [0.15, 0.2) is 11.9 Å². The highest BCUT2D eigenvalue weighted by atomic mass is 35.5. The fourth-order valence-corrected chi connectivity index (χ4v) is 2.71. The van der Waals surface area contributed by atoms with Crippen molar-refractivity contribution in [1.29, 1.82) is 0 Å². The molecule has 1 atom stereocenters. The van der Waals surface area contributed by atoms with Crippen LogP contribution < -0.4 is 15.0 Å². The Hall–Kier alpha value is -3.20. The molecule has 1 unspecified atom stereocenters. The van der Waals surface area contributed by atoms with Gasteiger partial charge in [-0.2, -0.15) is 0 Å². The highest BCUT2D eigenvalue weighted by Gasteiger charge is 2.39. The van der Waals surface area contributed by atoms with Crippen LogP contribution in [0.1, 0.15) is 13.3 Å². The zero-order valence-electron chi connectivity index (χ0n) is 14.2. The molecule has 140 valence electrons. The summed E-state index contributed by atoms with van der Waals surface area (Å²) in [5, 5.41) is 14.2. The second kappa shape index (κ2) is 7.58. The van der Waals surface area contributed by atoms with Gasteiger partial charge in [0.2, 0.25) is 5.91 Å². The van der Waals surface area contributed by atoms with E-state index in [1.165, 1.54) is 12.1 Å². The summed E-state index contributed by atoms with van der Waals surface area (Å²) in [6.07, 6.45) is -0.408. The highest BCUT2D eigenvalue weighted by molar-refractivity contribution is 6.30. The molecule has 1 aromatic heterocycles. The van der Waals surface area contributed by atoms with Crippen molar-refractivity contribution in [2.24, 2.45) is 0 Å². The molecule has 27 heavy (non-hydrogen) atoms. The fraction of sp³-hybridized carbons (Fsp3) is 0.235. The lowest BCUT2D eigenvalue weighted by Gasteiger charge is -2.30. The molecule has 1 aliphatic heterocycles. The number of ether oxygens (including phenoxy) is 1. The summed E-state index contributed by atoms with van der Waals surface area (Å²) in [6, 6.07) is 9.03. The predicted octanol–water partition coefficient (Wildman–Crippen LogP) is 2.79. The number of nitro groups is 1. The summed E-state index contributed by atoms with van der Waals surface area (Å²) in [7, 11) is 0. The van der Waals surface area contributed by atoms with Crippen LogP contribution in [0.4, 0.5) is 17.3 Å². The van der Waals surface area contributed by atoms with Gasteiger partial charge in [-0.1, -0.05) is 18.5 Å². The molecule has 0 aliphatic carbocycles. The van der Waals surface area contributed by atoms with E-state index in [0.717, 1.165) is 4.90 Å². The number of aromatic nitrogens is 1. The van der Waals surface area contributed by atoms with Crippen LogP contribution >= 0.6 is 11.6 Å². The van der Waals surface area contributed by atoms with Crippen LogP contribution in [0.2, 0.25) is 5.02 Å². The van der Waals surface area contributed by atoms with Crippen molar-refractivity contribution >= 4 is 40.7 Å². The summed E-state index contributed by atoms with van der Waals surface area (Å²) in [6.45, 7) is 1.40. The van der Waals surface area contributed by atoms with Crippen molar-refractivity contribution in [1.82, 2.24) is 4.98 Å². The second-order valence-electron chi connectivity index (χ2n) is 5.74. The molecular weight excluding hydrogens is 376 g/mol. The second-order valence-corrected chi connectivity index (χ2v) is 6.18. The van der Waals surface area contributed by atoms with Crippen molar-refractivity contribution in [3.05, 3.63) is 51.5 Å². The SMILES string of the molecule is CCC1Oc2ccc([N+](=O)[O-])nc2N(CC(=O)Nc2ccc(Cl)cc2)C1=O. The number of amides is 2. The monoisotopic (exact) mass is 390 g/mol. The van der Waals surface area contributed by atoms with Crippen molar-refractivity contribution < 1.29 is 19.2 Å². The van der Waals surface area contributed by atoms with Crippen molar-refractivity contribution in [2.75, 3.05) is 16.8 Å². The van der Waals surface area contributed by atoms with Crippen LogP contribution in [0.15, 0.2) is 36.4 Å². The Morgan fingerprint density at radius 2 is 2.04 bits per heavy atom. The highest BCUT2D eigenvalue weighted by Crippen LogP contribution is 2.34. The number of carbonyl (C=O) groups excluding carboxylic acids is 2. The zero-order valence-corrected chi connectivity index (χ0v) is 15.0. The first-order valence-electron chi connectivity index (χ1n) is 8.08. The lowest BCUT2D eigenvalue weighted by Crippen LogP contribution is -2.49. The minimum Gasteiger partial charge on any atom is -0.474 e. The van der Waals surface area contributed by atoms with Crippen molar-refractivity contribution in [3.8, 4) is 5.75 Å². The number of hydrogen-bond donors (Lipinski definition) is 1. The van der Waals surface area contributed by atoms with Gasteiger partial charge in [0.05, 0.1) is 0 Å². The van der Waals surface area contributed by atoms with Crippen LogP contribution in [0.5, 0.6) is 5.75 Å². The Kier molecular flexibility index (Phi) is 5.22. The number of pyridine rings is 1. The van der Waals surface area contributed by atoms with Crippen LogP contribution in [-0.2, 0) is 9.59 Å². The number of anilines is 2. The number of nitrogens with zero attached hydrogens (tertiary/aromatic N) is 3. The summed E-state index contributed by atoms with van der Waals surface area (Å²) < 4.78 is 5.55. The van der Waals surface area contributed by atoms with E-state index in [1.807, 2.05) is 0 Å². The largest absolute Gasteiger partial charge is 0.474 e. The maximum atomic E-state index is 12.6. The number of rotatable bonds is 5. The lowest BCUT2D eigenvalue weighted by atomic mass is 10.2. The molecule has 0 saturated heterocycles. The minimum absolute atomic E-state index is 0.0508. The first-order chi connectivity index (χ1) is 12.9. The molecule has 0 bridgehead atoms. The molecule has 0 radical (unpaired) electrons. The summed E-state index contributed by atoms with van der Waals surface area (Å²) in [4.78, 5) is 40.3. The van der Waals surface area contributed by atoms with Gasteiger partial charge in [0.25, 0.3) is 11.7 Å². The lowest BCUT2D eigenvalue weighted by molar-refractivity contribution is -0.389. The molecule has 9 nitrogen and oxygen atoms in total. The van der Waals surface area contributed by atoms with E-state index in [-0.39, 0.29) is 18.1 Å². The predicted molar refractivity (Wildman–Crippen MR) is 98.0 cm³/mol. The zero-order chi connectivity index (χ0) is 19.6. The van der Waals surface area contributed by atoms with Crippen LogP contribution in [0, 0.1) is 10.1 Å². The normalized spacial score (nSPS) is 15.7. The fourth-order valence-electron chi connectivity index (χ4n) is 2.58. The number of nitrogens with one attached hydrogen (secondary N) is 1. The van der Waals surface area contributed by atoms with Crippen molar-refractivity contribution in [3.63, 3.8) is 0 Å². The van der Waals surface area contributed by atoms with E-state index in [4.69, 9.17) is 16.3 Å². The molecule has 0 saturated carbocycles. The first kappa shape index (κ1) is 18.6. The molecule has 0 fully saturated rings. The summed E-state index contributed by atoms with van der Waals surface area (Å²) >= 11 is 5.81. The molecule has 1 aromatic carbocycles. The average molecular weight is 391 g/mol. The molecule has 1 aliphatic rings. The Labute approximate surface area is 159 Å². The Balaban J connectivity index is 1.87. The molecular formula is C17H15ClN4O5. The maximum absolute atomic E-state index is 12.6. The van der Waals surface area contributed by atoms with Gasteiger partial charge in [-0.05, 0) is 46.7 Å². The van der Waals surface area contributed by atoms with Gasteiger partial charge in [-0.25, -0.2) is 0 Å². The summed E-state index contributed by atoms with van der Waals surface area (Å²) in [5.74, 6) is -1.24. The average Bonchev–Trinajstić information content (AvgIpc) is 2.65. The third kappa shape index (κ3) is 3.98. The number of carbonyl (C=O) groups is 2. The molecule has 0 spiro atoms. The van der Waals surface area contributed by atoms with Crippen LogP contribution in [0.25, 0.3) is 0 Å². The van der Waals surface area contributed by atoms with E-state index >= 15 is 0 Å². The number of hydrogen-bond acceptors (Lipinski definition) is 6. The van der Waals surface area contributed by atoms with Gasteiger partial charge in [-0.3, -0.25) is 14.5 Å². The van der Waals surface area contributed by atoms with Gasteiger partial charge < -0.3 is 20.2 Å². The quantitative estimate of drug-likeness (QED) is 0.620. The molecule has 1 N–H and O–H groups in total. The van der Waals surface area contributed by atoms with Gasteiger partial charge >= 0.3 is 5.82 Å². The summed E-state index contributed by atoms with van der Waals surface area (Å²) in [5.41, 5.74) is 0.504. The van der Waals surface area contributed by atoms with E-state index in [9.17, 15) is 19.7 Å². The van der Waals surface area contributed by atoms with Crippen LogP contribution in [-0.4, -0.2) is 34.4 Å². The molecule has 2 heterocycles. The minimum atomic E-state index is -0.788. The third-order valence-electron chi connectivity index (χ3n) is 3.88. The van der Waals surface area contributed by atoms with Crippen LogP contribution in [0.3, 0.4) is 0 Å². The topological polar surface area (TPSA) is 115 Å². The van der Waals surface area contributed by atoms with E-state index in [1.54, 1.807) is 31.2 Å². The van der Waals surface area contributed by atoms with E-state index in [2.05, 4.69) is 10.3 Å². The standard InChI is InChI=1S/C17H15ClN4O5/c1-2-12-17(24)21(9-15(23)19-11-5-3-10(18)4-6-11)16-13(27-12)7-8-14(20-16)22(25)26/h3-8,12H,2,9H2,1H3,(H,19,23). The van der Waals surface area contributed by atoms with Gasteiger partial charge in [0, 0.05) is 16.8 Å². The molecule has 2 aromatic rings. The Morgan fingerprint density at radius 1 is 1.33 bits per heavy atom. The van der Waals surface area contributed by atoms with E-state index in [0.29, 0.717) is 17.1 Å².